The van der Waals surface area contributed by atoms with Gasteiger partial charge in [0, 0.05) is 12.6 Å². The SMILES string of the molecule is CCC1CCC(NC(=O)NCC(C)N(C)C)(C(=O)O)CC1. The molecule has 1 atom stereocenters. The number of carbonyl (C=O) groups excluding carboxylic acids is 1. The summed E-state index contributed by atoms with van der Waals surface area (Å²) in [6.45, 7) is 4.62. The number of hydrogen-bond acceptors (Lipinski definition) is 3. The first kappa shape index (κ1) is 17.8. The molecule has 1 saturated carbocycles. The molecule has 0 radical (unpaired) electrons. The summed E-state index contributed by atoms with van der Waals surface area (Å²) in [5, 5.41) is 15.0. The normalized spacial score (nSPS) is 27.2. The summed E-state index contributed by atoms with van der Waals surface area (Å²) in [7, 11) is 3.88. The van der Waals surface area contributed by atoms with E-state index in [2.05, 4.69) is 17.6 Å². The summed E-state index contributed by atoms with van der Waals surface area (Å²) in [6, 6.07) is -0.187. The number of hydrogen-bond donors (Lipinski definition) is 3. The lowest BCUT2D eigenvalue weighted by Crippen LogP contribution is -2.59. The minimum absolute atomic E-state index is 0.201. The van der Waals surface area contributed by atoms with Gasteiger partial charge in [-0.1, -0.05) is 13.3 Å². The van der Waals surface area contributed by atoms with Crippen molar-refractivity contribution in [3.05, 3.63) is 0 Å². The molecule has 1 aliphatic rings. The van der Waals surface area contributed by atoms with Crippen LogP contribution in [0.25, 0.3) is 0 Å². The van der Waals surface area contributed by atoms with E-state index in [9.17, 15) is 14.7 Å². The predicted octanol–water partition coefficient (Wildman–Crippen LogP) is 1.66. The van der Waals surface area contributed by atoms with E-state index in [0.717, 1.165) is 19.3 Å². The van der Waals surface area contributed by atoms with Crippen LogP contribution >= 0.6 is 0 Å². The van der Waals surface area contributed by atoms with Gasteiger partial charge in [0.25, 0.3) is 0 Å². The van der Waals surface area contributed by atoms with Crippen molar-refractivity contribution in [1.82, 2.24) is 15.5 Å². The van der Waals surface area contributed by atoms with Gasteiger partial charge >= 0.3 is 12.0 Å². The van der Waals surface area contributed by atoms with Crippen molar-refractivity contribution in [3.8, 4) is 0 Å². The second-order valence-electron chi connectivity index (χ2n) is 6.39. The highest BCUT2D eigenvalue weighted by atomic mass is 16.4. The summed E-state index contributed by atoms with van der Waals surface area (Å²) in [4.78, 5) is 25.6. The number of urea groups is 1. The fourth-order valence-electron chi connectivity index (χ4n) is 2.66. The van der Waals surface area contributed by atoms with E-state index in [1.54, 1.807) is 0 Å². The maximum absolute atomic E-state index is 12.0. The predicted molar refractivity (Wildman–Crippen MR) is 82.3 cm³/mol. The number of aliphatic carboxylic acids is 1. The maximum atomic E-state index is 12.0. The molecule has 0 aromatic carbocycles. The van der Waals surface area contributed by atoms with Gasteiger partial charge in [-0.05, 0) is 52.6 Å². The third-order valence-corrected chi connectivity index (χ3v) is 4.74. The molecule has 0 bridgehead atoms. The quantitative estimate of drug-likeness (QED) is 0.696. The van der Waals surface area contributed by atoms with E-state index in [1.165, 1.54) is 0 Å². The Morgan fingerprint density at radius 1 is 1.33 bits per heavy atom. The summed E-state index contributed by atoms with van der Waals surface area (Å²) >= 11 is 0. The first-order chi connectivity index (χ1) is 9.80. The zero-order valence-corrected chi connectivity index (χ0v) is 13.6. The Hall–Kier alpha value is -1.30. The number of carbonyl (C=O) groups is 2. The molecular weight excluding hydrogens is 270 g/mol. The van der Waals surface area contributed by atoms with E-state index in [4.69, 9.17) is 0 Å². The molecule has 0 spiro atoms. The Morgan fingerprint density at radius 3 is 2.33 bits per heavy atom. The van der Waals surface area contributed by atoms with Crippen LogP contribution in [0.3, 0.4) is 0 Å². The molecule has 1 rings (SSSR count). The molecule has 21 heavy (non-hydrogen) atoms. The summed E-state index contributed by atoms with van der Waals surface area (Å²) in [5.74, 6) is -0.344. The van der Waals surface area contributed by atoms with E-state index in [0.29, 0.717) is 25.3 Å². The molecule has 0 heterocycles. The first-order valence-electron chi connectivity index (χ1n) is 7.76. The zero-order valence-electron chi connectivity index (χ0n) is 13.6. The first-order valence-corrected chi connectivity index (χ1v) is 7.76. The summed E-state index contributed by atoms with van der Waals surface area (Å²) < 4.78 is 0. The van der Waals surface area contributed by atoms with E-state index >= 15 is 0 Å². The molecule has 0 aromatic rings. The van der Waals surface area contributed by atoms with Crippen LogP contribution in [0.5, 0.6) is 0 Å². The lowest BCUT2D eigenvalue weighted by atomic mass is 9.75. The lowest BCUT2D eigenvalue weighted by Gasteiger charge is -2.37. The van der Waals surface area contributed by atoms with Crippen LogP contribution in [0.4, 0.5) is 4.79 Å². The standard InChI is InChI=1S/C15H29N3O3/c1-5-12-6-8-15(9-7-12,13(19)20)17-14(21)16-10-11(2)18(3)4/h11-12H,5-10H2,1-4H3,(H,19,20)(H2,16,17,21). The number of carboxylic acid groups (broad SMARTS) is 1. The van der Waals surface area contributed by atoms with Crippen molar-refractivity contribution in [1.29, 1.82) is 0 Å². The van der Waals surface area contributed by atoms with Gasteiger partial charge in [-0.3, -0.25) is 0 Å². The fraction of sp³-hybridized carbons (Fsp3) is 0.867. The highest BCUT2D eigenvalue weighted by Gasteiger charge is 2.42. The Kier molecular flexibility index (Phi) is 6.45. The second-order valence-corrected chi connectivity index (χ2v) is 6.39. The molecule has 0 aromatic heterocycles. The molecule has 1 fully saturated rings. The monoisotopic (exact) mass is 299 g/mol. The molecule has 0 aliphatic heterocycles. The van der Waals surface area contributed by atoms with Crippen LogP contribution < -0.4 is 10.6 Å². The number of amides is 2. The van der Waals surface area contributed by atoms with Gasteiger partial charge in [-0.2, -0.15) is 0 Å². The minimum Gasteiger partial charge on any atom is -0.480 e. The van der Waals surface area contributed by atoms with Crippen molar-refractivity contribution in [3.63, 3.8) is 0 Å². The largest absolute Gasteiger partial charge is 0.480 e. The maximum Gasteiger partial charge on any atom is 0.329 e. The molecule has 0 saturated heterocycles. The molecule has 6 heteroatoms. The van der Waals surface area contributed by atoms with Crippen LogP contribution in [0, 0.1) is 5.92 Å². The Morgan fingerprint density at radius 2 is 1.90 bits per heavy atom. The van der Waals surface area contributed by atoms with Crippen LogP contribution in [-0.2, 0) is 4.79 Å². The molecular formula is C15H29N3O3. The molecule has 1 unspecified atom stereocenters. The van der Waals surface area contributed by atoms with Gasteiger partial charge in [0.2, 0.25) is 0 Å². The van der Waals surface area contributed by atoms with Crippen LogP contribution in [0.15, 0.2) is 0 Å². The van der Waals surface area contributed by atoms with E-state index in [1.807, 2.05) is 25.9 Å². The number of carboxylic acids is 1. The highest BCUT2D eigenvalue weighted by molar-refractivity contribution is 5.86. The van der Waals surface area contributed by atoms with Crippen molar-refractivity contribution in [2.45, 2.75) is 57.5 Å². The van der Waals surface area contributed by atoms with Gasteiger partial charge < -0.3 is 20.6 Å². The molecule has 3 N–H and O–H groups in total. The van der Waals surface area contributed by atoms with Gasteiger partial charge in [0.1, 0.15) is 5.54 Å². The van der Waals surface area contributed by atoms with Crippen molar-refractivity contribution < 1.29 is 14.7 Å². The Labute approximate surface area is 127 Å². The van der Waals surface area contributed by atoms with Gasteiger partial charge in [0.05, 0.1) is 0 Å². The minimum atomic E-state index is -1.10. The second kappa shape index (κ2) is 7.64. The average molecular weight is 299 g/mol. The van der Waals surface area contributed by atoms with Crippen LogP contribution in [-0.4, -0.2) is 54.2 Å². The van der Waals surface area contributed by atoms with Gasteiger partial charge in [-0.15, -0.1) is 0 Å². The zero-order chi connectivity index (χ0) is 16.0. The Balaban J connectivity index is 2.55. The van der Waals surface area contributed by atoms with E-state index in [-0.39, 0.29) is 12.1 Å². The van der Waals surface area contributed by atoms with Crippen LogP contribution in [0.1, 0.15) is 46.0 Å². The van der Waals surface area contributed by atoms with Crippen molar-refractivity contribution in [2.24, 2.45) is 5.92 Å². The number of nitrogens with one attached hydrogen (secondary N) is 2. The fourth-order valence-corrected chi connectivity index (χ4v) is 2.66. The van der Waals surface area contributed by atoms with Crippen molar-refractivity contribution >= 4 is 12.0 Å². The number of nitrogens with zero attached hydrogens (tertiary/aromatic N) is 1. The third-order valence-electron chi connectivity index (χ3n) is 4.74. The van der Waals surface area contributed by atoms with E-state index < -0.39 is 11.5 Å². The van der Waals surface area contributed by atoms with Gasteiger partial charge in [0.15, 0.2) is 0 Å². The van der Waals surface area contributed by atoms with Crippen molar-refractivity contribution in [2.75, 3.05) is 20.6 Å². The number of rotatable bonds is 6. The molecule has 1 aliphatic carbocycles. The van der Waals surface area contributed by atoms with Crippen LogP contribution in [0.2, 0.25) is 0 Å². The molecule has 122 valence electrons. The summed E-state index contributed by atoms with van der Waals surface area (Å²) in [5.41, 5.74) is -1.10. The number of likely N-dealkylation sites (N-methyl/N-ethyl adjacent to an activating group) is 1. The van der Waals surface area contributed by atoms with Gasteiger partial charge in [-0.25, -0.2) is 9.59 Å². The molecule has 6 nitrogen and oxygen atoms in total. The third kappa shape index (κ3) is 4.88. The summed E-state index contributed by atoms with van der Waals surface area (Å²) in [6.07, 6.45) is 3.81. The smallest absolute Gasteiger partial charge is 0.329 e. The average Bonchev–Trinajstić information content (AvgIpc) is 2.45. The lowest BCUT2D eigenvalue weighted by molar-refractivity contribution is -0.146. The Bertz CT molecular complexity index is 363. The molecule has 2 amide bonds. The topological polar surface area (TPSA) is 81.7 Å². The highest BCUT2D eigenvalue weighted by Crippen LogP contribution is 2.33.